The maximum absolute atomic E-state index is 12.4. The van der Waals surface area contributed by atoms with Crippen LogP contribution in [0.1, 0.15) is 31.4 Å². The third kappa shape index (κ3) is 3.32. The molecule has 3 nitrogen and oxygen atoms in total. The second-order valence-electron chi connectivity index (χ2n) is 4.60. The molecule has 1 fully saturated rings. The van der Waals surface area contributed by atoms with Crippen molar-refractivity contribution < 1.29 is 18.3 Å². The zero-order chi connectivity index (χ0) is 13.1. The number of ether oxygens (including phenoxy) is 2. The van der Waals surface area contributed by atoms with E-state index in [1.165, 1.54) is 0 Å². The minimum absolute atomic E-state index is 0.0585. The second kappa shape index (κ2) is 5.52. The average molecular weight is 257 g/mol. The lowest BCUT2D eigenvalue weighted by atomic mass is 10.1. The Morgan fingerprint density at radius 3 is 2.67 bits per heavy atom. The van der Waals surface area contributed by atoms with E-state index in [-0.39, 0.29) is 11.8 Å². The molecule has 1 aromatic rings. The van der Waals surface area contributed by atoms with E-state index in [0.717, 1.165) is 12.8 Å². The summed E-state index contributed by atoms with van der Waals surface area (Å²) in [5, 5.41) is 0. The van der Waals surface area contributed by atoms with Gasteiger partial charge in [-0.1, -0.05) is 12.1 Å². The SMILES string of the molecule is CC(N)c1cccc(OCC2CC2)c1OC(F)F. The van der Waals surface area contributed by atoms with Crippen LogP contribution in [0.3, 0.4) is 0 Å². The van der Waals surface area contributed by atoms with Gasteiger partial charge in [-0.3, -0.25) is 0 Å². The Bertz CT molecular complexity index is 406. The number of benzene rings is 1. The van der Waals surface area contributed by atoms with Crippen LogP contribution in [0.25, 0.3) is 0 Å². The molecule has 0 radical (unpaired) electrons. The summed E-state index contributed by atoms with van der Waals surface area (Å²) in [5.74, 6) is 0.948. The van der Waals surface area contributed by atoms with E-state index in [0.29, 0.717) is 23.8 Å². The van der Waals surface area contributed by atoms with Gasteiger partial charge in [0.05, 0.1) is 6.61 Å². The first-order valence-electron chi connectivity index (χ1n) is 6.04. The van der Waals surface area contributed by atoms with Gasteiger partial charge in [-0.05, 0) is 31.7 Å². The normalized spacial score (nSPS) is 16.7. The number of para-hydroxylation sites is 1. The van der Waals surface area contributed by atoms with Crippen LogP contribution >= 0.6 is 0 Å². The Kier molecular flexibility index (Phi) is 4.01. The van der Waals surface area contributed by atoms with Gasteiger partial charge >= 0.3 is 6.61 Å². The van der Waals surface area contributed by atoms with E-state index in [1.54, 1.807) is 25.1 Å². The van der Waals surface area contributed by atoms with Crippen molar-refractivity contribution in [3.63, 3.8) is 0 Å². The molecular weight excluding hydrogens is 240 g/mol. The summed E-state index contributed by atoms with van der Waals surface area (Å²) in [5.41, 5.74) is 6.28. The van der Waals surface area contributed by atoms with E-state index in [4.69, 9.17) is 10.5 Å². The van der Waals surface area contributed by atoms with Crippen LogP contribution in [-0.2, 0) is 0 Å². The smallest absolute Gasteiger partial charge is 0.387 e. The summed E-state index contributed by atoms with van der Waals surface area (Å²) < 4.78 is 35.0. The Balaban J connectivity index is 2.21. The number of hydrogen-bond donors (Lipinski definition) is 1. The van der Waals surface area contributed by atoms with Crippen molar-refractivity contribution >= 4 is 0 Å². The molecule has 1 aliphatic carbocycles. The Hall–Kier alpha value is -1.36. The lowest BCUT2D eigenvalue weighted by Gasteiger charge is -2.17. The van der Waals surface area contributed by atoms with E-state index in [1.807, 2.05) is 0 Å². The molecule has 0 aliphatic heterocycles. The van der Waals surface area contributed by atoms with E-state index < -0.39 is 6.61 Å². The molecular formula is C13H17F2NO2. The molecule has 0 bridgehead atoms. The first kappa shape index (κ1) is 13.1. The maximum atomic E-state index is 12.4. The lowest BCUT2D eigenvalue weighted by Crippen LogP contribution is -2.12. The van der Waals surface area contributed by atoms with Crippen molar-refractivity contribution in [2.24, 2.45) is 11.7 Å². The highest BCUT2D eigenvalue weighted by molar-refractivity contribution is 5.48. The van der Waals surface area contributed by atoms with Gasteiger partial charge in [-0.2, -0.15) is 8.78 Å². The third-order valence-electron chi connectivity index (χ3n) is 2.88. The summed E-state index contributed by atoms with van der Waals surface area (Å²) in [4.78, 5) is 0. The molecule has 0 amide bonds. The zero-order valence-electron chi connectivity index (χ0n) is 10.2. The number of rotatable bonds is 6. The van der Waals surface area contributed by atoms with Crippen molar-refractivity contribution in [3.05, 3.63) is 23.8 Å². The van der Waals surface area contributed by atoms with Crippen molar-refractivity contribution in [1.29, 1.82) is 0 Å². The molecule has 0 aromatic heterocycles. The molecule has 18 heavy (non-hydrogen) atoms. The highest BCUT2D eigenvalue weighted by atomic mass is 19.3. The summed E-state index contributed by atoms with van der Waals surface area (Å²) >= 11 is 0. The second-order valence-corrected chi connectivity index (χ2v) is 4.60. The molecule has 2 N–H and O–H groups in total. The van der Waals surface area contributed by atoms with Crippen LogP contribution in [-0.4, -0.2) is 13.2 Å². The third-order valence-corrected chi connectivity index (χ3v) is 2.88. The topological polar surface area (TPSA) is 44.5 Å². The average Bonchev–Trinajstić information content (AvgIpc) is 3.10. The molecule has 0 spiro atoms. The quantitative estimate of drug-likeness (QED) is 0.851. The fraction of sp³-hybridized carbons (Fsp3) is 0.538. The molecule has 1 unspecified atom stereocenters. The minimum Gasteiger partial charge on any atom is -0.489 e. The van der Waals surface area contributed by atoms with Crippen LogP contribution in [0.5, 0.6) is 11.5 Å². The number of halogens is 2. The molecule has 5 heteroatoms. The fourth-order valence-electron chi connectivity index (χ4n) is 1.71. The highest BCUT2D eigenvalue weighted by Crippen LogP contribution is 2.37. The van der Waals surface area contributed by atoms with Crippen molar-refractivity contribution in [1.82, 2.24) is 0 Å². The predicted octanol–water partition coefficient (Wildman–Crippen LogP) is 3.10. The van der Waals surface area contributed by atoms with E-state index >= 15 is 0 Å². The predicted molar refractivity (Wildman–Crippen MR) is 63.9 cm³/mol. The first-order chi connectivity index (χ1) is 8.58. The van der Waals surface area contributed by atoms with Gasteiger partial charge in [0, 0.05) is 11.6 Å². The van der Waals surface area contributed by atoms with Gasteiger partial charge < -0.3 is 15.2 Å². The first-order valence-corrected chi connectivity index (χ1v) is 6.04. The summed E-state index contributed by atoms with van der Waals surface area (Å²) in [6, 6.07) is 4.65. The van der Waals surface area contributed by atoms with Crippen LogP contribution in [0, 0.1) is 5.92 Å². The standard InChI is InChI=1S/C13H17F2NO2/c1-8(16)10-3-2-4-11(12(10)18-13(14)15)17-7-9-5-6-9/h2-4,8-9,13H,5-7,16H2,1H3. The number of hydrogen-bond acceptors (Lipinski definition) is 3. The lowest BCUT2D eigenvalue weighted by molar-refractivity contribution is -0.0523. The van der Waals surface area contributed by atoms with Gasteiger partial charge in [-0.25, -0.2) is 0 Å². The molecule has 0 saturated heterocycles. The Morgan fingerprint density at radius 2 is 2.11 bits per heavy atom. The van der Waals surface area contributed by atoms with Crippen LogP contribution < -0.4 is 15.2 Å². The Morgan fingerprint density at radius 1 is 1.39 bits per heavy atom. The zero-order valence-corrected chi connectivity index (χ0v) is 10.2. The van der Waals surface area contributed by atoms with Gasteiger partial charge in [-0.15, -0.1) is 0 Å². The Labute approximate surface area is 105 Å². The van der Waals surface area contributed by atoms with Crippen LogP contribution in [0.4, 0.5) is 8.78 Å². The fourth-order valence-corrected chi connectivity index (χ4v) is 1.71. The molecule has 2 rings (SSSR count). The van der Waals surface area contributed by atoms with Gasteiger partial charge in [0.1, 0.15) is 0 Å². The van der Waals surface area contributed by atoms with Crippen LogP contribution in [0.2, 0.25) is 0 Å². The van der Waals surface area contributed by atoms with Gasteiger partial charge in [0.25, 0.3) is 0 Å². The molecule has 1 saturated carbocycles. The van der Waals surface area contributed by atoms with Crippen LogP contribution in [0.15, 0.2) is 18.2 Å². The monoisotopic (exact) mass is 257 g/mol. The highest BCUT2D eigenvalue weighted by Gasteiger charge is 2.24. The molecule has 1 aromatic carbocycles. The molecule has 1 aliphatic rings. The van der Waals surface area contributed by atoms with Crippen molar-refractivity contribution in [2.75, 3.05) is 6.61 Å². The minimum atomic E-state index is -2.88. The number of nitrogens with two attached hydrogens (primary N) is 1. The molecule has 1 atom stereocenters. The van der Waals surface area contributed by atoms with Crippen molar-refractivity contribution in [3.8, 4) is 11.5 Å². The van der Waals surface area contributed by atoms with E-state index in [2.05, 4.69) is 4.74 Å². The molecule has 0 heterocycles. The van der Waals surface area contributed by atoms with Gasteiger partial charge in [0.15, 0.2) is 11.5 Å². The van der Waals surface area contributed by atoms with E-state index in [9.17, 15) is 8.78 Å². The summed E-state index contributed by atoms with van der Waals surface area (Å²) in [6.07, 6.45) is 2.27. The summed E-state index contributed by atoms with van der Waals surface area (Å²) in [7, 11) is 0. The summed E-state index contributed by atoms with van der Waals surface area (Å²) in [6.45, 7) is -0.617. The maximum Gasteiger partial charge on any atom is 0.387 e. The van der Waals surface area contributed by atoms with Gasteiger partial charge in [0.2, 0.25) is 0 Å². The van der Waals surface area contributed by atoms with Crippen molar-refractivity contribution in [2.45, 2.75) is 32.4 Å². The molecule has 100 valence electrons. The number of alkyl halides is 2. The largest absolute Gasteiger partial charge is 0.489 e.